The number of hydrogen-bond donors (Lipinski definition) is 1. The summed E-state index contributed by atoms with van der Waals surface area (Å²) in [5.41, 5.74) is 2.54. The van der Waals surface area contributed by atoms with E-state index < -0.39 is 0 Å². The van der Waals surface area contributed by atoms with E-state index in [4.69, 9.17) is 0 Å². The van der Waals surface area contributed by atoms with Crippen LogP contribution >= 0.6 is 0 Å². The van der Waals surface area contributed by atoms with E-state index in [1.165, 1.54) is 16.6 Å². The number of nitrogens with zero attached hydrogens (tertiary/aromatic N) is 3. The number of piperazine rings is 1. The second-order valence-corrected chi connectivity index (χ2v) is 6.82. The average molecular weight is 326 g/mol. The molecule has 2 aromatic rings. The summed E-state index contributed by atoms with van der Waals surface area (Å²) in [6, 6.07) is 10.8. The van der Waals surface area contributed by atoms with E-state index in [2.05, 4.69) is 56.9 Å². The Morgan fingerprint density at radius 1 is 1.17 bits per heavy atom. The number of amides is 1. The molecule has 0 aliphatic carbocycles. The highest BCUT2D eigenvalue weighted by Gasteiger charge is 2.31. The molecule has 5 nitrogen and oxygen atoms in total. The molecule has 2 aliphatic heterocycles. The molecule has 0 bridgehead atoms. The molecule has 1 unspecified atom stereocenters. The van der Waals surface area contributed by atoms with Gasteiger partial charge in [0, 0.05) is 50.5 Å². The average Bonchev–Trinajstić information content (AvgIpc) is 3.01. The minimum atomic E-state index is 0.0306. The van der Waals surface area contributed by atoms with E-state index in [0.29, 0.717) is 5.91 Å². The summed E-state index contributed by atoms with van der Waals surface area (Å²) in [4.78, 5) is 17.5. The third-order valence-electron chi connectivity index (χ3n) is 5.42. The zero-order valence-electron chi connectivity index (χ0n) is 14.4. The zero-order chi connectivity index (χ0) is 16.5. The summed E-state index contributed by atoms with van der Waals surface area (Å²) in [5.74, 6) is 0.302. The smallest absolute Gasteiger partial charge is 0.240 e. The standard InChI is InChI=1S/C19H26N4O/c1-2-17(21-9-7-20-8-10-21)19(24)22-11-12-23-16(14-22)13-15-5-3-4-6-18(15)23/h3-6,13,17,20H,2,7-12,14H2,1H3. The van der Waals surface area contributed by atoms with Gasteiger partial charge in [-0.15, -0.1) is 0 Å². The van der Waals surface area contributed by atoms with Crippen LogP contribution < -0.4 is 5.32 Å². The zero-order valence-corrected chi connectivity index (χ0v) is 14.4. The molecular weight excluding hydrogens is 300 g/mol. The highest BCUT2D eigenvalue weighted by atomic mass is 16.2. The Hall–Kier alpha value is -1.85. The second-order valence-electron chi connectivity index (χ2n) is 6.82. The molecule has 1 aromatic heterocycles. The molecular formula is C19H26N4O. The van der Waals surface area contributed by atoms with Crippen LogP contribution in [0.5, 0.6) is 0 Å². The van der Waals surface area contributed by atoms with Gasteiger partial charge >= 0.3 is 0 Å². The maximum absolute atomic E-state index is 13.1. The molecule has 128 valence electrons. The third-order valence-corrected chi connectivity index (χ3v) is 5.42. The van der Waals surface area contributed by atoms with Crippen LogP contribution in [0.4, 0.5) is 0 Å². The predicted octanol–water partition coefficient (Wildman–Crippen LogP) is 1.67. The van der Waals surface area contributed by atoms with Crippen LogP contribution in [0.3, 0.4) is 0 Å². The Morgan fingerprint density at radius 2 is 1.96 bits per heavy atom. The first-order chi connectivity index (χ1) is 11.8. The summed E-state index contributed by atoms with van der Waals surface area (Å²) >= 11 is 0. The molecule has 1 aromatic carbocycles. The van der Waals surface area contributed by atoms with Crippen molar-refractivity contribution in [2.75, 3.05) is 32.7 Å². The van der Waals surface area contributed by atoms with Crippen LogP contribution in [0, 0.1) is 0 Å². The largest absolute Gasteiger partial charge is 0.341 e. The Balaban J connectivity index is 1.53. The van der Waals surface area contributed by atoms with Gasteiger partial charge in [-0.1, -0.05) is 25.1 Å². The van der Waals surface area contributed by atoms with Crippen LogP contribution in [0.15, 0.2) is 30.3 Å². The quantitative estimate of drug-likeness (QED) is 0.933. The van der Waals surface area contributed by atoms with E-state index in [0.717, 1.165) is 52.2 Å². The molecule has 1 amide bonds. The van der Waals surface area contributed by atoms with Crippen molar-refractivity contribution >= 4 is 16.8 Å². The molecule has 1 N–H and O–H groups in total. The van der Waals surface area contributed by atoms with Crippen LogP contribution in [0.2, 0.25) is 0 Å². The Kier molecular flexibility index (Phi) is 4.29. The maximum Gasteiger partial charge on any atom is 0.240 e. The lowest BCUT2D eigenvalue weighted by molar-refractivity contribution is -0.139. The van der Waals surface area contributed by atoms with E-state index in [1.54, 1.807) is 0 Å². The van der Waals surface area contributed by atoms with Crippen molar-refractivity contribution in [2.45, 2.75) is 32.5 Å². The van der Waals surface area contributed by atoms with Gasteiger partial charge in [-0.3, -0.25) is 9.69 Å². The van der Waals surface area contributed by atoms with Crippen molar-refractivity contribution in [1.29, 1.82) is 0 Å². The molecule has 1 fully saturated rings. The van der Waals surface area contributed by atoms with Crippen molar-refractivity contribution in [2.24, 2.45) is 0 Å². The number of benzene rings is 1. The fourth-order valence-electron chi connectivity index (χ4n) is 4.14. The molecule has 24 heavy (non-hydrogen) atoms. The SMILES string of the molecule is CCC(C(=O)N1CCn2c(cc3ccccc32)C1)N1CCNCC1. The van der Waals surface area contributed by atoms with Gasteiger partial charge in [-0.25, -0.2) is 0 Å². The summed E-state index contributed by atoms with van der Waals surface area (Å²) in [5, 5.41) is 4.64. The first kappa shape index (κ1) is 15.7. The monoisotopic (exact) mass is 326 g/mol. The van der Waals surface area contributed by atoms with Gasteiger partial charge in [0.05, 0.1) is 12.6 Å². The molecule has 3 heterocycles. The molecule has 4 rings (SSSR count). The van der Waals surface area contributed by atoms with E-state index in [9.17, 15) is 4.79 Å². The molecule has 0 saturated carbocycles. The number of para-hydroxylation sites is 1. The molecule has 1 atom stereocenters. The Labute approximate surface area is 143 Å². The van der Waals surface area contributed by atoms with Crippen LogP contribution in [0.25, 0.3) is 10.9 Å². The van der Waals surface area contributed by atoms with Gasteiger partial charge in [0.2, 0.25) is 5.91 Å². The lowest BCUT2D eigenvalue weighted by atomic mass is 10.1. The fraction of sp³-hybridized carbons (Fsp3) is 0.526. The highest BCUT2D eigenvalue weighted by Crippen LogP contribution is 2.25. The van der Waals surface area contributed by atoms with Crippen LogP contribution in [0.1, 0.15) is 19.0 Å². The summed E-state index contributed by atoms with van der Waals surface area (Å²) in [7, 11) is 0. The molecule has 0 radical (unpaired) electrons. The lowest BCUT2D eigenvalue weighted by Gasteiger charge is -2.38. The lowest BCUT2D eigenvalue weighted by Crippen LogP contribution is -2.55. The predicted molar refractivity (Wildman–Crippen MR) is 95.9 cm³/mol. The number of carbonyl (C=O) groups is 1. The van der Waals surface area contributed by atoms with Crippen molar-refractivity contribution in [3.8, 4) is 0 Å². The number of nitrogens with one attached hydrogen (secondary N) is 1. The number of aromatic nitrogens is 1. The Bertz CT molecular complexity index is 732. The summed E-state index contributed by atoms with van der Waals surface area (Å²) < 4.78 is 2.37. The number of hydrogen-bond acceptors (Lipinski definition) is 3. The van der Waals surface area contributed by atoms with E-state index in [1.807, 2.05) is 0 Å². The normalized spacial score (nSPS) is 20.1. The van der Waals surface area contributed by atoms with Gasteiger partial charge in [-0.2, -0.15) is 0 Å². The van der Waals surface area contributed by atoms with E-state index in [-0.39, 0.29) is 6.04 Å². The van der Waals surface area contributed by atoms with Crippen molar-refractivity contribution in [3.63, 3.8) is 0 Å². The van der Waals surface area contributed by atoms with Gasteiger partial charge in [-0.05, 0) is 23.9 Å². The van der Waals surface area contributed by atoms with Crippen molar-refractivity contribution in [3.05, 3.63) is 36.0 Å². The first-order valence-corrected chi connectivity index (χ1v) is 9.08. The van der Waals surface area contributed by atoms with Gasteiger partial charge in [0.1, 0.15) is 0 Å². The van der Waals surface area contributed by atoms with E-state index >= 15 is 0 Å². The molecule has 2 aliphatic rings. The number of carbonyl (C=O) groups excluding carboxylic acids is 1. The Morgan fingerprint density at radius 3 is 2.75 bits per heavy atom. The second kappa shape index (κ2) is 6.57. The minimum absolute atomic E-state index is 0.0306. The molecule has 5 heteroatoms. The van der Waals surface area contributed by atoms with Gasteiger partial charge < -0.3 is 14.8 Å². The van der Waals surface area contributed by atoms with Crippen molar-refractivity contribution in [1.82, 2.24) is 19.7 Å². The van der Waals surface area contributed by atoms with Gasteiger partial charge in [0.15, 0.2) is 0 Å². The third kappa shape index (κ3) is 2.72. The molecule has 0 spiro atoms. The summed E-state index contributed by atoms with van der Waals surface area (Å²) in [6.45, 7) is 8.48. The van der Waals surface area contributed by atoms with Crippen LogP contribution in [-0.4, -0.2) is 59.0 Å². The maximum atomic E-state index is 13.1. The molecule has 1 saturated heterocycles. The topological polar surface area (TPSA) is 40.5 Å². The first-order valence-electron chi connectivity index (χ1n) is 9.08. The van der Waals surface area contributed by atoms with Crippen LogP contribution in [-0.2, 0) is 17.9 Å². The summed E-state index contributed by atoms with van der Waals surface area (Å²) in [6.07, 6.45) is 0.887. The number of fused-ring (bicyclic) bond motifs is 3. The van der Waals surface area contributed by atoms with Gasteiger partial charge in [0.25, 0.3) is 0 Å². The minimum Gasteiger partial charge on any atom is -0.341 e. The van der Waals surface area contributed by atoms with Crippen molar-refractivity contribution < 1.29 is 4.79 Å². The number of rotatable bonds is 3. The fourth-order valence-corrected chi connectivity index (χ4v) is 4.14. The highest BCUT2D eigenvalue weighted by molar-refractivity contribution is 5.84.